The molecule has 0 spiro atoms. The summed E-state index contributed by atoms with van der Waals surface area (Å²) in [6.07, 6.45) is 0. The van der Waals surface area contributed by atoms with Gasteiger partial charge < -0.3 is 5.11 Å². The molecule has 0 saturated heterocycles. The van der Waals surface area contributed by atoms with E-state index in [-0.39, 0.29) is 0 Å². The monoisotopic (exact) mass is 206 g/mol. The van der Waals surface area contributed by atoms with E-state index in [4.69, 9.17) is 5.11 Å². The van der Waals surface area contributed by atoms with E-state index < -0.39 is 22.5 Å². The van der Waals surface area contributed by atoms with E-state index in [1.165, 1.54) is 12.1 Å². The smallest absolute Gasteiger partial charge is 0.348 e. The zero-order valence-corrected chi connectivity index (χ0v) is 7.05. The highest BCUT2D eigenvalue weighted by Crippen LogP contribution is 2.35. The van der Waals surface area contributed by atoms with Gasteiger partial charge in [0, 0.05) is 0 Å². The molecule has 0 aliphatic heterocycles. The first kappa shape index (κ1) is 9.92. The van der Waals surface area contributed by atoms with Crippen molar-refractivity contribution >= 4 is 16.8 Å². The van der Waals surface area contributed by atoms with Crippen molar-refractivity contribution in [2.45, 2.75) is 5.92 Å². The zero-order valence-electron chi connectivity index (χ0n) is 6.30. The van der Waals surface area contributed by atoms with Crippen molar-refractivity contribution in [3.05, 3.63) is 29.8 Å². The van der Waals surface area contributed by atoms with Gasteiger partial charge in [0.2, 0.25) is 0 Å². The quantitative estimate of drug-likeness (QED) is 0.754. The normalized spacial score (nSPS) is 11.3. The van der Waals surface area contributed by atoms with Crippen LogP contribution in [0.4, 0.5) is 8.78 Å². The van der Waals surface area contributed by atoms with E-state index in [0.717, 1.165) is 12.1 Å². The van der Waals surface area contributed by atoms with Crippen molar-refractivity contribution in [3.8, 4) is 5.75 Å². The number of alkyl halides is 2. The van der Waals surface area contributed by atoms with Crippen LogP contribution in [0.25, 0.3) is 0 Å². The standard InChI is InChI=1S/C8H5ClF2O2/c9-7(13)8(10,11)5-3-1-2-4-6(5)12/h1-4,12H. The SMILES string of the molecule is O=C(Cl)C(F)(F)c1ccccc1O. The molecule has 1 aromatic carbocycles. The number of halogens is 3. The van der Waals surface area contributed by atoms with E-state index >= 15 is 0 Å². The predicted octanol–water partition coefficient (Wildman–Crippen LogP) is 2.25. The molecule has 70 valence electrons. The molecule has 1 N–H and O–H groups in total. The number of phenols is 1. The first-order valence-corrected chi connectivity index (χ1v) is 3.70. The van der Waals surface area contributed by atoms with Crippen molar-refractivity contribution < 1.29 is 18.7 Å². The van der Waals surface area contributed by atoms with Crippen molar-refractivity contribution in [1.29, 1.82) is 0 Å². The van der Waals surface area contributed by atoms with E-state index in [9.17, 15) is 13.6 Å². The lowest BCUT2D eigenvalue weighted by atomic mass is 10.1. The minimum Gasteiger partial charge on any atom is -0.507 e. The molecule has 1 aromatic rings. The largest absolute Gasteiger partial charge is 0.507 e. The third-order valence-electron chi connectivity index (χ3n) is 1.49. The van der Waals surface area contributed by atoms with Crippen molar-refractivity contribution in [2.75, 3.05) is 0 Å². The summed E-state index contributed by atoms with van der Waals surface area (Å²) < 4.78 is 25.8. The Balaban J connectivity index is 3.22. The fourth-order valence-electron chi connectivity index (χ4n) is 0.845. The minimum atomic E-state index is -3.84. The second-order valence-electron chi connectivity index (χ2n) is 2.37. The van der Waals surface area contributed by atoms with Gasteiger partial charge in [-0.2, -0.15) is 8.78 Å². The molecule has 0 radical (unpaired) electrons. The fourth-order valence-corrected chi connectivity index (χ4v) is 0.947. The summed E-state index contributed by atoms with van der Waals surface area (Å²) in [4.78, 5) is 10.3. The van der Waals surface area contributed by atoms with Crippen LogP contribution in [0, 0.1) is 0 Å². The maximum absolute atomic E-state index is 12.9. The number of rotatable bonds is 2. The lowest BCUT2D eigenvalue weighted by Crippen LogP contribution is -2.21. The first-order valence-electron chi connectivity index (χ1n) is 3.32. The van der Waals surface area contributed by atoms with Crippen LogP contribution in [0.5, 0.6) is 5.75 Å². The van der Waals surface area contributed by atoms with Gasteiger partial charge in [-0.1, -0.05) is 12.1 Å². The number of hydrogen-bond donors (Lipinski definition) is 1. The van der Waals surface area contributed by atoms with Gasteiger partial charge in [0.1, 0.15) is 5.75 Å². The molecule has 0 saturated carbocycles. The lowest BCUT2D eigenvalue weighted by Gasteiger charge is -2.12. The second kappa shape index (κ2) is 3.30. The summed E-state index contributed by atoms with van der Waals surface area (Å²) in [6.45, 7) is 0. The molecule has 0 unspecified atom stereocenters. The molecule has 0 atom stereocenters. The van der Waals surface area contributed by atoms with E-state index in [1.54, 1.807) is 0 Å². The van der Waals surface area contributed by atoms with Crippen LogP contribution in [-0.2, 0) is 10.7 Å². The van der Waals surface area contributed by atoms with Crippen LogP contribution in [0.1, 0.15) is 5.56 Å². The molecule has 0 bridgehead atoms. The Labute approximate surface area is 77.8 Å². The Kier molecular flexibility index (Phi) is 2.52. The number of benzene rings is 1. The molecule has 13 heavy (non-hydrogen) atoms. The molecular formula is C8H5ClF2O2. The summed E-state index contributed by atoms with van der Waals surface area (Å²) in [5.74, 6) is -4.49. The van der Waals surface area contributed by atoms with Crippen molar-refractivity contribution in [3.63, 3.8) is 0 Å². The Morgan fingerprint density at radius 2 is 1.92 bits per heavy atom. The number of hydrogen-bond acceptors (Lipinski definition) is 2. The van der Waals surface area contributed by atoms with Gasteiger partial charge in [-0.25, -0.2) is 0 Å². The zero-order chi connectivity index (χ0) is 10.1. The molecule has 0 fully saturated rings. The average Bonchev–Trinajstić information content (AvgIpc) is 2.04. The van der Waals surface area contributed by atoms with Gasteiger partial charge in [0.15, 0.2) is 0 Å². The van der Waals surface area contributed by atoms with Crippen LogP contribution in [0.3, 0.4) is 0 Å². The molecule has 1 rings (SSSR count). The molecule has 5 heteroatoms. The van der Waals surface area contributed by atoms with E-state index in [0.29, 0.717) is 0 Å². The van der Waals surface area contributed by atoms with Crippen molar-refractivity contribution in [1.82, 2.24) is 0 Å². The number of phenolic OH excluding ortho intramolecular Hbond substituents is 1. The Hall–Kier alpha value is -1.16. The first-order chi connectivity index (χ1) is 5.96. The second-order valence-corrected chi connectivity index (χ2v) is 2.71. The third-order valence-corrected chi connectivity index (χ3v) is 1.73. The Bertz CT molecular complexity index is 339. The number of carbonyl (C=O) groups is 1. The molecule has 0 heterocycles. The van der Waals surface area contributed by atoms with Crippen LogP contribution < -0.4 is 0 Å². The maximum atomic E-state index is 12.9. The third kappa shape index (κ3) is 1.78. The van der Waals surface area contributed by atoms with E-state index in [2.05, 4.69) is 11.6 Å². The highest BCUT2D eigenvalue weighted by atomic mass is 35.5. The van der Waals surface area contributed by atoms with E-state index in [1.807, 2.05) is 0 Å². The average molecular weight is 207 g/mol. The Morgan fingerprint density at radius 1 is 1.38 bits per heavy atom. The highest BCUT2D eigenvalue weighted by molar-refractivity contribution is 6.65. The molecule has 2 nitrogen and oxygen atoms in total. The molecule has 0 aromatic heterocycles. The topological polar surface area (TPSA) is 37.3 Å². The number of para-hydroxylation sites is 1. The summed E-state index contributed by atoms with van der Waals surface area (Å²) in [7, 11) is 0. The van der Waals surface area contributed by atoms with Crippen LogP contribution in [0.2, 0.25) is 0 Å². The highest BCUT2D eigenvalue weighted by Gasteiger charge is 2.41. The van der Waals surface area contributed by atoms with Gasteiger partial charge in [0.25, 0.3) is 5.24 Å². The number of carbonyl (C=O) groups excluding carboxylic acids is 1. The van der Waals surface area contributed by atoms with Gasteiger partial charge in [-0.3, -0.25) is 4.79 Å². The summed E-state index contributed by atoms with van der Waals surface area (Å²) in [5, 5.41) is 7.19. The summed E-state index contributed by atoms with van der Waals surface area (Å²) in [5.41, 5.74) is -0.782. The molecule has 0 amide bonds. The van der Waals surface area contributed by atoms with Crippen molar-refractivity contribution in [2.24, 2.45) is 0 Å². The van der Waals surface area contributed by atoms with Crippen LogP contribution >= 0.6 is 11.6 Å². The van der Waals surface area contributed by atoms with Gasteiger partial charge in [-0.05, 0) is 23.7 Å². The molecule has 0 aliphatic rings. The summed E-state index contributed by atoms with van der Waals surface area (Å²) >= 11 is 4.68. The van der Waals surface area contributed by atoms with Gasteiger partial charge in [0.05, 0.1) is 5.56 Å². The summed E-state index contributed by atoms with van der Waals surface area (Å²) in [6, 6.07) is 4.65. The number of aromatic hydroxyl groups is 1. The molecule has 0 aliphatic carbocycles. The predicted molar refractivity (Wildman–Crippen MR) is 42.9 cm³/mol. The van der Waals surface area contributed by atoms with Crippen LogP contribution in [-0.4, -0.2) is 10.3 Å². The van der Waals surface area contributed by atoms with Gasteiger partial charge >= 0.3 is 5.92 Å². The van der Waals surface area contributed by atoms with Crippen LogP contribution in [0.15, 0.2) is 24.3 Å². The fraction of sp³-hybridized carbons (Fsp3) is 0.125. The minimum absolute atomic E-state index is 0.651. The van der Waals surface area contributed by atoms with Gasteiger partial charge in [-0.15, -0.1) is 0 Å². The maximum Gasteiger partial charge on any atom is 0.348 e. The molecular weight excluding hydrogens is 202 g/mol. The lowest BCUT2D eigenvalue weighted by molar-refractivity contribution is -0.135. The Morgan fingerprint density at radius 3 is 2.38 bits per heavy atom.